The van der Waals surface area contributed by atoms with Crippen molar-refractivity contribution in [2.75, 3.05) is 26.7 Å². The van der Waals surface area contributed by atoms with Gasteiger partial charge in [-0.15, -0.1) is 11.8 Å². The number of amides is 1. The summed E-state index contributed by atoms with van der Waals surface area (Å²) in [5.74, 6) is 0.274. The van der Waals surface area contributed by atoms with E-state index in [1.54, 1.807) is 11.8 Å². The molecule has 2 rings (SSSR count). The number of benzene rings is 1. The fourth-order valence-corrected chi connectivity index (χ4v) is 3.69. The zero-order valence-corrected chi connectivity index (χ0v) is 14.7. The van der Waals surface area contributed by atoms with Crippen molar-refractivity contribution < 1.29 is 9.90 Å². The molecule has 2 unspecified atom stereocenters. The predicted octanol–water partition coefficient (Wildman–Crippen LogP) is 3.02. The Kier molecular flexibility index (Phi) is 6.69. The molecule has 0 radical (unpaired) electrons. The maximum atomic E-state index is 12.6. The quantitative estimate of drug-likeness (QED) is 0.785. The van der Waals surface area contributed by atoms with E-state index in [-0.39, 0.29) is 23.8 Å². The Morgan fingerprint density at radius 1 is 1.48 bits per heavy atom. The van der Waals surface area contributed by atoms with Gasteiger partial charge in [0.25, 0.3) is 5.91 Å². The molecule has 4 nitrogen and oxygen atoms in total. The van der Waals surface area contributed by atoms with E-state index >= 15 is 0 Å². The number of rotatable bonds is 6. The zero-order chi connectivity index (χ0) is 16.8. The number of aliphatic hydroxyl groups excluding tert-OH is 1. The van der Waals surface area contributed by atoms with Crippen molar-refractivity contribution in [3.8, 4) is 0 Å². The highest BCUT2D eigenvalue weighted by molar-refractivity contribution is 8.03. The fourth-order valence-electron chi connectivity index (χ4n) is 2.88. The topological polar surface area (TPSA) is 52.6 Å². The minimum absolute atomic E-state index is 0.0586. The molecule has 2 atom stereocenters. The average molecular weight is 334 g/mol. The summed E-state index contributed by atoms with van der Waals surface area (Å²) >= 11 is 1.67. The number of carbonyl (C=O) groups is 1. The van der Waals surface area contributed by atoms with Gasteiger partial charge in [-0.1, -0.05) is 18.7 Å². The summed E-state index contributed by atoms with van der Waals surface area (Å²) < 4.78 is 0. The van der Waals surface area contributed by atoms with Gasteiger partial charge in [-0.05, 0) is 55.3 Å². The fraction of sp³-hybridized carbons (Fsp3) is 0.500. The van der Waals surface area contributed by atoms with Crippen LogP contribution in [0.15, 0.2) is 35.7 Å². The van der Waals surface area contributed by atoms with Gasteiger partial charge < -0.3 is 15.3 Å². The summed E-state index contributed by atoms with van der Waals surface area (Å²) in [4.78, 5) is 15.5. The van der Waals surface area contributed by atoms with Gasteiger partial charge >= 0.3 is 0 Å². The lowest BCUT2D eigenvalue weighted by molar-refractivity contribution is 0.0620. The Morgan fingerprint density at radius 3 is 2.74 bits per heavy atom. The van der Waals surface area contributed by atoms with Crippen LogP contribution >= 0.6 is 11.8 Å². The minimum Gasteiger partial charge on any atom is -0.396 e. The van der Waals surface area contributed by atoms with Crippen LogP contribution in [-0.2, 0) is 0 Å². The van der Waals surface area contributed by atoms with E-state index in [1.807, 2.05) is 43.1 Å². The Morgan fingerprint density at radius 2 is 2.17 bits per heavy atom. The van der Waals surface area contributed by atoms with E-state index in [9.17, 15) is 9.90 Å². The lowest BCUT2D eigenvalue weighted by Gasteiger charge is -2.32. The number of piperidine rings is 1. The molecule has 1 aromatic rings. The molecule has 1 aliphatic heterocycles. The molecular formula is C18H26N2O2S. The van der Waals surface area contributed by atoms with Crippen molar-refractivity contribution in [2.24, 2.45) is 5.92 Å². The molecule has 0 aromatic heterocycles. The zero-order valence-electron chi connectivity index (χ0n) is 13.9. The van der Waals surface area contributed by atoms with E-state index in [0.29, 0.717) is 12.1 Å². The first-order chi connectivity index (χ1) is 11.0. The molecule has 5 heteroatoms. The lowest BCUT2D eigenvalue weighted by atomic mass is 9.98. The van der Waals surface area contributed by atoms with Gasteiger partial charge in [0, 0.05) is 25.3 Å². The van der Waals surface area contributed by atoms with Crippen molar-refractivity contribution in [1.82, 2.24) is 10.2 Å². The van der Waals surface area contributed by atoms with Gasteiger partial charge in [0.2, 0.25) is 0 Å². The SMILES string of the molecule is C=C(C)SC(NC)c1ccc(C(=O)N2CCCC(CO)C2)cc1. The third-order valence-corrected chi connectivity index (χ3v) is 5.25. The molecule has 1 aliphatic rings. The van der Waals surface area contributed by atoms with Crippen LogP contribution in [0.25, 0.3) is 0 Å². The molecule has 23 heavy (non-hydrogen) atoms. The molecule has 0 spiro atoms. The van der Waals surface area contributed by atoms with Gasteiger partial charge in [0.05, 0.1) is 5.37 Å². The molecule has 1 amide bonds. The van der Waals surface area contributed by atoms with Crippen LogP contribution in [0.5, 0.6) is 0 Å². The van der Waals surface area contributed by atoms with E-state index in [2.05, 4.69) is 11.9 Å². The number of likely N-dealkylation sites (tertiary alicyclic amines) is 1. The maximum absolute atomic E-state index is 12.6. The van der Waals surface area contributed by atoms with E-state index in [4.69, 9.17) is 0 Å². The van der Waals surface area contributed by atoms with Crippen molar-refractivity contribution >= 4 is 17.7 Å². The molecule has 0 aliphatic carbocycles. The van der Waals surface area contributed by atoms with E-state index in [0.717, 1.165) is 29.9 Å². The van der Waals surface area contributed by atoms with Crippen LogP contribution in [0.2, 0.25) is 0 Å². The largest absolute Gasteiger partial charge is 0.396 e. The van der Waals surface area contributed by atoms with Gasteiger partial charge in [0.1, 0.15) is 0 Å². The monoisotopic (exact) mass is 334 g/mol. The third kappa shape index (κ3) is 4.83. The molecular weight excluding hydrogens is 308 g/mol. The summed E-state index contributed by atoms with van der Waals surface area (Å²) in [6, 6.07) is 7.78. The summed E-state index contributed by atoms with van der Waals surface area (Å²) in [6.45, 7) is 7.51. The highest BCUT2D eigenvalue weighted by atomic mass is 32.2. The van der Waals surface area contributed by atoms with E-state index in [1.165, 1.54) is 0 Å². The first-order valence-electron chi connectivity index (χ1n) is 8.04. The van der Waals surface area contributed by atoms with Crippen molar-refractivity contribution in [1.29, 1.82) is 0 Å². The van der Waals surface area contributed by atoms with Gasteiger partial charge in [-0.2, -0.15) is 0 Å². The van der Waals surface area contributed by atoms with Crippen molar-refractivity contribution in [2.45, 2.75) is 25.1 Å². The second-order valence-electron chi connectivity index (χ2n) is 6.05. The number of carbonyl (C=O) groups excluding carboxylic acids is 1. The summed E-state index contributed by atoms with van der Waals surface area (Å²) in [6.07, 6.45) is 1.97. The number of hydrogen-bond donors (Lipinski definition) is 2. The minimum atomic E-state index is 0.0586. The molecule has 0 bridgehead atoms. The van der Waals surface area contributed by atoms with Crippen LogP contribution in [0.3, 0.4) is 0 Å². The average Bonchev–Trinajstić information content (AvgIpc) is 2.59. The number of aliphatic hydroxyl groups is 1. The molecule has 126 valence electrons. The number of thioether (sulfide) groups is 1. The molecule has 1 fully saturated rings. The van der Waals surface area contributed by atoms with Gasteiger partial charge in [-0.25, -0.2) is 0 Å². The van der Waals surface area contributed by atoms with Gasteiger partial charge in [-0.3, -0.25) is 4.79 Å². The van der Waals surface area contributed by atoms with Crippen LogP contribution in [0.4, 0.5) is 0 Å². The van der Waals surface area contributed by atoms with Crippen molar-refractivity contribution in [3.05, 3.63) is 46.9 Å². The smallest absolute Gasteiger partial charge is 0.253 e. The normalized spacial score (nSPS) is 19.4. The first kappa shape index (κ1) is 18.0. The van der Waals surface area contributed by atoms with E-state index < -0.39 is 0 Å². The summed E-state index contributed by atoms with van der Waals surface area (Å²) in [5, 5.41) is 12.7. The second kappa shape index (κ2) is 8.52. The molecule has 2 N–H and O–H groups in total. The molecule has 0 saturated carbocycles. The van der Waals surface area contributed by atoms with Crippen molar-refractivity contribution in [3.63, 3.8) is 0 Å². The van der Waals surface area contributed by atoms with Crippen LogP contribution in [-0.4, -0.2) is 42.7 Å². The standard InChI is InChI=1S/C18H26N2O2S/c1-13(2)23-17(19-3)15-6-8-16(9-7-15)18(22)20-10-4-5-14(11-20)12-21/h6-9,14,17,19,21H,1,4-5,10-12H2,2-3H3. The molecule has 1 heterocycles. The number of hydrogen-bond acceptors (Lipinski definition) is 4. The lowest BCUT2D eigenvalue weighted by Crippen LogP contribution is -2.40. The third-order valence-electron chi connectivity index (χ3n) is 4.11. The molecule has 1 aromatic carbocycles. The second-order valence-corrected chi connectivity index (χ2v) is 7.46. The van der Waals surface area contributed by atoms with Gasteiger partial charge in [0.15, 0.2) is 0 Å². The number of nitrogens with zero attached hydrogens (tertiary/aromatic N) is 1. The number of allylic oxidation sites excluding steroid dienone is 1. The van der Waals surface area contributed by atoms with Crippen LogP contribution in [0.1, 0.15) is 41.1 Å². The Bertz CT molecular complexity index is 544. The maximum Gasteiger partial charge on any atom is 0.253 e. The highest BCUT2D eigenvalue weighted by Gasteiger charge is 2.24. The molecule has 1 saturated heterocycles. The Labute approximate surface area is 143 Å². The van der Waals surface area contributed by atoms with Crippen LogP contribution < -0.4 is 5.32 Å². The Hall–Kier alpha value is -1.30. The summed E-state index contributed by atoms with van der Waals surface area (Å²) in [5.41, 5.74) is 1.84. The number of nitrogens with one attached hydrogen (secondary N) is 1. The predicted molar refractivity (Wildman–Crippen MR) is 96.4 cm³/mol. The first-order valence-corrected chi connectivity index (χ1v) is 8.92. The highest BCUT2D eigenvalue weighted by Crippen LogP contribution is 2.31. The summed E-state index contributed by atoms with van der Waals surface area (Å²) in [7, 11) is 1.92. The Balaban J connectivity index is 2.06. The van der Waals surface area contributed by atoms with Crippen LogP contribution in [0, 0.1) is 5.92 Å².